The van der Waals surface area contributed by atoms with Crippen LogP contribution in [0.3, 0.4) is 0 Å². The minimum atomic E-state index is -0.115. The van der Waals surface area contributed by atoms with Gasteiger partial charge in [-0.05, 0) is 59.9 Å². The van der Waals surface area contributed by atoms with E-state index in [4.69, 9.17) is 9.47 Å². The first-order valence-corrected chi connectivity index (χ1v) is 11.5. The molecule has 1 aromatic heterocycles. The van der Waals surface area contributed by atoms with Gasteiger partial charge in [0.25, 0.3) is 0 Å². The summed E-state index contributed by atoms with van der Waals surface area (Å²) in [6.45, 7) is -0.212. The van der Waals surface area contributed by atoms with E-state index in [0.29, 0.717) is 0 Å². The number of methoxy groups -OCH3 is 2. The molecule has 5 rings (SSSR count). The first-order valence-electron chi connectivity index (χ1n) is 11.5. The number of pyridine rings is 1. The molecule has 5 heteroatoms. The van der Waals surface area contributed by atoms with Crippen LogP contribution < -0.4 is 14.0 Å². The quantitative estimate of drug-likeness (QED) is 0.338. The third kappa shape index (κ3) is 3.35. The Kier molecular flexibility index (Phi) is 5.69. The molecule has 1 aliphatic rings. The Hall–Kier alpha value is -3.15. The van der Waals surface area contributed by atoms with Crippen molar-refractivity contribution in [2.24, 2.45) is 7.05 Å². The van der Waals surface area contributed by atoms with Crippen molar-refractivity contribution >= 4 is 38.0 Å². The molecule has 33 heavy (non-hydrogen) atoms. The first kappa shape index (κ1) is 21.7. The highest BCUT2D eigenvalue weighted by molar-refractivity contribution is 6.16. The van der Waals surface area contributed by atoms with Crippen LogP contribution in [0, 0.1) is 0 Å². The van der Waals surface area contributed by atoms with Gasteiger partial charge < -0.3 is 19.7 Å². The molecule has 0 unspecified atom stereocenters. The lowest BCUT2D eigenvalue weighted by molar-refractivity contribution is -0.642. The van der Waals surface area contributed by atoms with Crippen molar-refractivity contribution in [3.8, 4) is 11.5 Å². The molecule has 0 aliphatic heterocycles. The minimum Gasteiger partial charge on any atom is -0.493 e. The van der Waals surface area contributed by atoms with E-state index in [1.165, 1.54) is 18.4 Å². The molecule has 0 spiro atoms. The molecule has 3 aromatic carbocycles. The van der Waals surface area contributed by atoms with Gasteiger partial charge in [-0.1, -0.05) is 24.3 Å². The number of fused-ring (bicyclic) bond motifs is 5. The van der Waals surface area contributed by atoms with E-state index in [2.05, 4.69) is 35.0 Å². The molecule has 0 bridgehead atoms. The Labute approximate surface area is 193 Å². The number of allylic oxidation sites excluding steroid dienone is 2. The standard InChI is InChI=1S/C28H30NO4/c1-29-14-23-19(10-9-18(15-30)24(23)16-31)21-12-11-20-22(27(21)29)13-25(32-2)28(33-3)26(20)17-7-5-4-6-8-17/h7,9-14,30-31H,4-6,8,15-16H2,1-3H3/q+1. The van der Waals surface area contributed by atoms with Crippen molar-refractivity contribution in [1.29, 1.82) is 0 Å². The van der Waals surface area contributed by atoms with Gasteiger partial charge in [-0.3, -0.25) is 0 Å². The van der Waals surface area contributed by atoms with Gasteiger partial charge in [-0.25, -0.2) is 0 Å². The fraction of sp³-hybridized carbons (Fsp3) is 0.321. The van der Waals surface area contributed by atoms with Crippen molar-refractivity contribution in [3.05, 3.63) is 59.3 Å². The Balaban J connectivity index is 1.94. The number of rotatable bonds is 5. The Bertz CT molecular complexity index is 1420. The van der Waals surface area contributed by atoms with Crippen LogP contribution in [0.4, 0.5) is 0 Å². The second kappa shape index (κ2) is 8.65. The van der Waals surface area contributed by atoms with E-state index < -0.39 is 0 Å². The number of ether oxygens (including phenoxy) is 2. The fourth-order valence-electron chi connectivity index (χ4n) is 5.44. The molecule has 5 nitrogen and oxygen atoms in total. The second-order valence-corrected chi connectivity index (χ2v) is 8.74. The number of hydrogen-bond acceptors (Lipinski definition) is 4. The van der Waals surface area contributed by atoms with Gasteiger partial charge in [-0.15, -0.1) is 0 Å². The molecule has 2 N–H and O–H groups in total. The Morgan fingerprint density at radius 2 is 1.67 bits per heavy atom. The van der Waals surface area contributed by atoms with Gasteiger partial charge in [0.05, 0.1) is 43.6 Å². The molecule has 1 heterocycles. The third-order valence-electron chi connectivity index (χ3n) is 7.00. The van der Waals surface area contributed by atoms with Gasteiger partial charge in [0.1, 0.15) is 7.05 Å². The van der Waals surface area contributed by atoms with Crippen LogP contribution in [0.2, 0.25) is 0 Å². The van der Waals surface area contributed by atoms with Crippen molar-refractivity contribution < 1.29 is 24.3 Å². The minimum absolute atomic E-state index is 0.0965. The average molecular weight is 445 g/mol. The molecule has 1 aliphatic carbocycles. The van der Waals surface area contributed by atoms with Gasteiger partial charge in [-0.2, -0.15) is 4.57 Å². The van der Waals surface area contributed by atoms with E-state index in [1.54, 1.807) is 14.2 Å². The summed E-state index contributed by atoms with van der Waals surface area (Å²) in [5.41, 5.74) is 5.07. The topological polar surface area (TPSA) is 62.8 Å². The predicted molar refractivity (Wildman–Crippen MR) is 132 cm³/mol. The summed E-state index contributed by atoms with van der Waals surface area (Å²) in [6.07, 6.45) is 8.91. The summed E-state index contributed by atoms with van der Waals surface area (Å²) in [7, 11) is 5.43. The number of nitrogens with zero attached hydrogens (tertiary/aromatic N) is 1. The van der Waals surface area contributed by atoms with E-state index in [9.17, 15) is 10.2 Å². The van der Waals surface area contributed by atoms with Crippen molar-refractivity contribution in [1.82, 2.24) is 0 Å². The molecule has 4 aromatic rings. The molecule has 170 valence electrons. The van der Waals surface area contributed by atoms with Crippen LogP contribution in [-0.2, 0) is 20.3 Å². The summed E-state index contributed by atoms with van der Waals surface area (Å²) >= 11 is 0. The van der Waals surface area contributed by atoms with Gasteiger partial charge in [0.2, 0.25) is 5.52 Å². The number of aliphatic hydroxyl groups is 2. The molecule has 0 fully saturated rings. The lowest BCUT2D eigenvalue weighted by Gasteiger charge is -2.21. The Morgan fingerprint density at radius 1 is 0.879 bits per heavy atom. The fourth-order valence-corrected chi connectivity index (χ4v) is 5.44. The Morgan fingerprint density at radius 3 is 2.33 bits per heavy atom. The monoisotopic (exact) mass is 444 g/mol. The van der Waals surface area contributed by atoms with Crippen LogP contribution in [0.15, 0.2) is 42.6 Å². The highest BCUT2D eigenvalue weighted by atomic mass is 16.5. The number of aromatic nitrogens is 1. The SMILES string of the molecule is COc1cc2c(ccc3c4ccc(CO)c(CO)c4c[n+](C)c23)c(C2=CCCCC2)c1OC. The van der Waals surface area contributed by atoms with Gasteiger partial charge >= 0.3 is 0 Å². The molecule has 0 atom stereocenters. The zero-order valence-corrected chi connectivity index (χ0v) is 19.4. The molecule has 0 saturated heterocycles. The van der Waals surface area contributed by atoms with E-state index in [0.717, 1.165) is 73.5 Å². The van der Waals surface area contributed by atoms with Crippen LogP contribution in [0.5, 0.6) is 11.5 Å². The lowest BCUT2D eigenvalue weighted by atomic mass is 9.88. The highest BCUT2D eigenvalue weighted by Crippen LogP contribution is 2.45. The van der Waals surface area contributed by atoms with E-state index in [1.807, 2.05) is 19.2 Å². The largest absolute Gasteiger partial charge is 0.493 e. The maximum Gasteiger partial charge on any atom is 0.220 e. The normalized spacial score (nSPS) is 14.2. The number of aryl methyl sites for hydroxylation is 1. The summed E-state index contributed by atoms with van der Waals surface area (Å²) in [5.74, 6) is 1.52. The molecular weight excluding hydrogens is 414 g/mol. The summed E-state index contributed by atoms with van der Waals surface area (Å²) in [6, 6.07) is 10.4. The number of benzene rings is 3. The van der Waals surface area contributed by atoms with Crippen LogP contribution >= 0.6 is 0 Å². The van der Waals surface area contributed by atoms with Crippen LogP contribution in [0.1, 0.15) is 42.4 Å². The zero-order valence-electron chi connectivity index (χ0n) is 19.4. The molecule has 0 amide bonds. The van der Waals surface area contributed by atoms with Crippen molar-refractivity contribution in [3.63, 3.8) is 0 Å². The maximum absolute atomic E-state index is 10.0. The summed E-state index contributed by atoms with van der Waals surface area (Å²) < 4.78 is 13.8. The third-order valence-corrected chi connectivity index (χ3v) is 7.00. The maximum atomic E-state index is 10.0. The smallest absolute Gasteiger partial charge is 0.220 e. The highest BCUT2D eigenvalue weighted by Gasteiger charge is 2.24. The average Bonchev–Trinajstić information content (AvgIpc) is 2.86. The van der Waals surface area contributed by atoms with Crippen LogP contribution in [-0.4, -0.2) is 24.4 Å². The van der Waals surface area contributed by atoms with Gasteiger partial charge in [0.15, 0.2) is 17.7 Å². The first-order chi connectivity index (χ1) is 16.1. The molecular formula is C28H30NO4+. The molecule has 0 radical (unpaired) electrons. The second-order valence-electron chi connectivity index (χ2n) is 8.74. The number of hydrogen-bond donors (Lipinski definition) is 2. The molecule has 0 saturated carbocycles. The van der Waals surface area contributed by atoms with Crippen molar-refractivity contribution in [2.75, 3.05) is 14.2 Å². The van der Waals surface area contributed by atoms with Crippen molar-refractivity contribution in [2.45, 2.75) is 38.9 Å². The van der Waals surface area contributed by atoms with Crippen LogP contribution in [0.25, 0.3) is 38.0 Å². The lowest BCUT2D eigenvalue weighted by Crippen LogP contribution is -2.29. The van der Waals surface area contributed by atoms with Gasteiger partial charge in [0, 0.05) is 10.9 Å². The zero-order chi connectivity index (χ0) is 23.1. The summed E-state index contributed by atoms with van der Waals surface area (Å²) in [5, 5.41) is 25.1. The summed E-state index contributed by atoms with van der Waals surface area (Å²) in [4.78, 5) is 0. The number of aliphatic hydroxyl groups excluding tert-OH is 2. The van der Waals surface area contributed by atoms with E-state index in [-0.39, 0.29) is 13.2 Å². The predicted octanol–water partition coefficient (Wildman–Crippen LogP) is 4.93. The van der Waals surface area contributed by atoms with E-state index >= 15 is 0 Å².